The van der Waals surface area contributed by atoms with Crippen molar-refractivity contribution in [2.75, 3.05) is 12.4 Å². The lowest BCUT2D eigenvalue weighted by atomic mass is 9.96. The summed E-state index contributed by atoms with van der Waals surface area (Å²) < 4.78 is 23.7. The van der Waals surface area contributed by atoms with Gasteiger partial charge in [-0.2, -0.15) is 0 Å². The molecule has 3 nitrogen and oxygen atoms in total. The van der Waals surface area contributed by atoms with E-state index < -0.39 is 9.84 Å². The highest BCUT2D eigenvalue weighted by Crippen LogP contribution is 2.37. The zero-order valence-corrected chi connectivity index (χ0v) is 9.91. The van der Waals surface area contributed by atoms with Crippen molar-refractivity contribution in [3.8, 4) is 0 Å². The molecule has 1 unspecified atom stereocenters. The Labute approximate surface area is 96.0 Å². The van der Waals surface area contributed by atoms with Gasteiger partial charge in [0.25, 0.3) is 0 Å². The van der Waals surface area contributed by atoms with E-state index in [9.17, 15) is 8.42 Å². The van der Waals surface area contributed by atoms with Gasteiger partial charge >= 0.3 is 0 Å². The maximum Gasteiger partial charge on any atom is 0.179 e. The zero-order valence-electron chi connectivity index (χ0n) is 9.09. The SMILES string of the molecule is O=S1(=O)CC(CCCCO)c2ccccc21. The average molecular weight is 240 g/mol. The molecule has 1 aromatic rings. The van der Waals surface area contributed by atoms with E-state index in [1.165, 1.54) is 0 Å². The number of rotatable bonds is 4. The molecule has 0 spiro atoms. The number of hydrogen-bond donors (Lipinski definition) is 1. The van der Waals surface area contributed by atoms with Crippen molar-refractivity contribution in [2.24, 2.45) is 0 Å². The number of fused-ring (bicyclic) bond motifs is 1. The Bertz CT molecular complexity index is 465. The fourth-order valence-electron chi connectivity index (χ4n) is 2.29. The Morgan fingerprint density at radius 3 is 2.75 bits per heavy atom. The van der Waals surface area contributed by atoms with E-state index in [0.29, 0.717) is 4.90 Å². The van der Waals surface area contributed by atoms with Gasteiger partial charge in [-0.1, -0.05) is 24.6 Å². The normalized spacial score (nSPS) is 21.9. The van der Waals surface area contributed by atoms with Crippen molar-refractivity contribution in [1.82, 2.24) is 0 Å². The third kappa shape index (κ3) is 2.13. The highest BCUT2D eigenvalue weighted by atomic mass is 32.2. The van der Waals surface area contributed by atoms with E-state index in [4.69, 9.17) is 5.11 Å². The van der Waals surface area contributed by atoms with Crippen LogP contribution in [0.3, 0.4) is 0 Å². The fraction of sp³-hybridized carbons (Fsp3) is 0.500. The summed E-state index contributed by atoms with van der Waals surface area (Å²) in [5.74, 6) is 0.352. The standard InChI is InChI=1S/C12H16O3S/c13-8-4-3-5-10-9-16(14,15)12-7-2-1-6-11(10)12/h1-2,6-7,10,13H,3-5,8-9H2. The molecule has 88 valence electrons. The quantitative estimate of drug-likeness (QED) is 0.815. The van der Waals surface area contributed by atoms with E-state index in [2.05, 4.69) is 0 Å². The molecule has 0 amide bonds. The summed E-state index contributed by atoms with van der Waals surface area (Å²) in [5.41, 5.74) is 0.959. The van der Waals surface area contributed by atoms with Crippen LogP contribution in [0.4, 0.5) is 0 Å². The van der Waals surface area contributed by atoms with Gasteiger partial charge in [-0.05, 0) is 30.4 Å². The molecule has 1 aliphatic rings. The number of sulfone groups is 1. The second kappa shape index (κ2) is 4.55. The summed E-state index contributed by atoms with van der Waals surface area (Å²) in [5, 5.41) is 8.72. The number of aliphatic hydroxyl groups is 1. The van der Waals surface area contributed by atoms with Crippen molar-refractivity contribution in [1.29, 1.82) is 0 Å². The van der Waals surface area contributed by atoms with Gasteiger partial charge in [0.05, 0.1) is 10.6 Å². The van der Waals surface area contributed by atoms with Gasteiger partial charge in [0.15, 0.2) is 9.84 Å². The van der Waals surface area contributed by atoms with Crippen LogP contribution in [-0.4, -0.2) is 25.9 Å². The third-order valence-electron chi connectivity index (χ3n) is 3.08. The highest BCUT2D eigenvalue weighted by molar-refractivity contribution is 7.91. The van der Waals surface area contributed by atoms with Crippen LogP contribution in [0.25, 0.3) is 0 Å². The minimum absolute atomic E-state index is 0.118. The van der Waals surface area contributed by atoms with Gasteiger partial charge in [0.2, 0.25) is 0 Å². The average Bonchev–Trinajstić information content (AvgIpc) is 2.52. The molecule has 0 aliphatic carbocycles. The van der Waals surface area contributed by atoms with Gasteiger partial charge in [0, 0.05) is 6.61 Å². The van der Waals surface area contributed by atoms with E-state index in [0.717, 1.165) is 24.8 Å². The first-order valence-electron chi connectivity index (χ1n) is 5.57. The predicted molar refractivity (Wildman–Crippen MR) is 62.2 cm³/mol. The largest absolute Gasteiger partial charge is 0.396 e. The van der Waals surface area contributed by atoms with Gasteiger partial charge < -0.3 is 5.11 Å². The molecule has 0 bridgehead atoms. The first-order valence-corrected chi connectivity index (χ1v) is 7.23. The lowest BCUT2D eigenvalue weighted by Crippen LogP contribution is -2.03. The van der Waals surface area contributed by atoms with Crippen LogP contribution < -0.4 is 0 Å². The van der Waals surface area contributed by atoms with Crippen LogP contribution in [-0.2, 0) is 9.84 Å². The molecule has 4 heteroatoms. The number of benzene rings is 1. The number of aliphatic hydroxyl groups excluding tert-OH is 1. The Hall–Kier alpha value is -0.870. The van der Waals surface area contributed by atoms with Crippen molar-refractivity contribution in [3.63, 3.8) is 0 Å². The van der Waals surface area contributed by atoms with Crippen molar-refractivity contribution in [3.05, 3.63) is 29.8 Å². The highest BCUT2D eigenvalue weighted by Gasteiger charge is 2.33. The van der Waals surface area contributed by atoms with Crippen molar-refractivity contribution < 1.29 is 13.5 Å². The first-order chi connectivity index (χ1) is 7.65. The third-order valence-corrected chi connectivity index (χ3v) is 4.96. The van der Waals surface area contributed by atoms with E-state index in [1.807, 2.05) is 12.1 Å². The van der Waals surface area contributed by atoms with Gasteiger partial charge in [-0.25, -0.2) is 8.42 Å². The maximum absolute atomic E-state index is 11.8. The van der Waals surface area contributed by atoms with E-state index in [1.54, 1.807) is 12.1 Å². The Kier molecular flexibility index (Phi) is 3.30. The number of hydrogen-bond acceptors (Lipinski definition) is 3. The van der Waals surface area contributed by atoms with Crippen molar-refractivity contribution >= 4 is 9.84 Å². The van der Waals surface area contributed by atoms with Gasteiger partial charge in [-0.15, -0.1) is 0 Å². The Balaban J connectivity index is 2.20. The molecule has 1 N–H and O–H groups in total. The summed E-state index contributed by atoms with van der Waals surface area (Å²) in [6.07, 6.45) is 2.47. The molecule has 0 aromatic heterocycles. The minimum Gasteiger partial charge on any atom is -0.396 e. The smallest absolute Gasteiger partial charge is 0.179 e. The van der Waals surface area contributed by atoms with Crippen LogP contribution in [0.1, 0.15) is 30.7 Å². The Morgan fingerprint density at radius 2 is 2.00 bits per heavy atom. The second-order valence-corrected chi connectivity index (χ2v) is 6.24. The Morgan fingerprint density at radius 1 is 1.25 bits per heavy atom. The molecule has 0 radical (unpaired) electrons. The summed E-state index contributed by atoms with van der Waals surface area (Å²) >= 11 is 0. The molecule has 16 heavy (non-hydrogen) atoms. The predicted octanol–water partition coefficient (Wildman–Crippen LogP) is 1.72. The van der Waals surface area contributed by atoms with Crippen LogP contribution in [0.5, 0.6) is 0 Å². The summed E-state index contributed by atoms with van der Waals surface area (Å²) in [6, 6.07) is 7.26. The van der Waals surface area contributed by atoms with Gasteiger partial charge in [-0.3, -0.25) is 0 Å². The van der Waals surface area contributed by atoms with E-state index >= 15 is 0 Å². The molecule has 0 saturated heterocycles. The second-order valence-electron chi connectivity index (χ2n) is 4.24. The number of unbranched alkanes of at least 4 members (excludes halogenated alkanes) is 1. The maximum atomic E-state index is 11.8. The van der Waals surface area contributed by atoms with Crippen LogP contribution in [0.15, 0.2) is 29.2 Å². The monoisotopic (exact) mass is 240 g/mol. The molecule has 1 heterocycles. The van der Waals surface area contributed by atoms with Gasteiger partial charge in [0.1, 0.15) is 0 Å². The lowest BCUT2D eigenvalue weighted by Gasteiger charge is -2.08. The first kappa shape index (κ1) is 11.6. The molecule has 1 aromatic carbocycles. The molecule has 1 aliphatic heterocycles. The zero-order chi connectivity index (χ0) is 11.6. The molecular formula is C12H16O3S. The molecule has 2 rings (SSSR count). The molecule has 0 saturated carbocycles. The summed E-state index contributed by atoms with van der Waals surface area (Å²) in [4.78, 5) is 0.504. The molecule has 1 atom stereocenters. The topological polar surface area (TPSA) is 54.4 Å². The van der Waals surface area contributed by atoms with E-state index in [-0.39, 0.29) is 18.3 Å². The van der Waals surface area contributed by atoms with Crippen molar-refractivity contribution in [2.45, 2.75) is 30.1 Å². The summed E-state index contributed by atoms with van der Waals surface area (Å²) in [6.45, 7) is 0.182. The summed E-state index contributed by atoms with van der Waals surface area (Å²) in [7, 11) is -3.05. The fourth-order valence-corrected chi connectivity index (χ4v) is 4.22. The molecular weight excluding hydrogens is 224 g/mol. The molecule has 0 fully saturated rings. The van der Waals surface area contributed by atoms with Crippen LogP contribution in [0.2, 0.25) is 0 Å². The minimum atomic E-state index is -3.05. The van der Waals surface area contributed by atoms with Crippen LogP contribution >= 0.6 is 0 Å². The van der Waals surface area contributed by atoms with Crippen LogP contribution in [0, 0.1) is 0 Å². The lowest BCUT2D eigenvalue weighted by molar-refractivity contribution is 0.282.